The summed E-state index contributed by atoms with van der Waals surface area (Å²) >= 11 is 3.46. The lowest BCUT2D eigenvalue weighted by Gasteiger charge is -2.06. The second kappa shape index (κ2) is 7.18. The quantitative estimate of drug-likeness (QED) is 0.602. The van der Waals surface area contributed by atoms with E-state index < -0.39 is 0 Å². The van der Waals surface area contributed by atoms with Crippen LogP contribution in [0.3, 0.4) is 0 Å². The molecule has 1 heterocycles. The standard InChI is InChI=1S/C19H19BrN2O2/c1-3-22-17-10-7-14(19(23)24-4-2)12-16(17)21-18(22)11-13-5-8-15(20)9-6-13/h5-10,12H,3-4,11H2,1-2H3. The minimum Gasteiger partial charge on any atom is -0.462 e. The van der Waals surface area contributed by atoms with E-state index in [2.05, 4.69) is 39.6 Å². The maximum Gasteiger partial charge on any atom is 0.338 e. The van der Waals surface area contributed by atoms with Gasteiger partial charge in [-0.25, -0.2) is 9.78 Å². The van der Waals surface area contributed by atoms with Crippen LogP contribution in [-0.4, -0.2) is 22.1 Å². The Morgan fingerprint density at radius 1 is 1.17 bits per heavy atom. The molecule has 0 amide bonds. The van der Waals surface area contributed by atoms with E-state index in [1.54, 1.807) is 13.0 Å². The third kappa shape index (κ3) is 3.36. The summed E-state index contributed by atoms with van der Waals surface area (Å²) in [4.78, 5) is 16.7. The van der Waals surface area contributed by atoms with E-state index in [4.69, 9.17) is 9.72 Å². The number of hydrogen-bond acceptors (Lipinski definition) is 3. The van der Waals surface area contributed by atoms with Gasteiger partial charge in [-0.3, -0.25) is 0 Å². The number of imidazole rings is 1. The number of halogens is 1. The van der Waals surface area contributed by atoms with Crippen molar-refractivity contribution in [1.29, 1.82) is 0 Å². The van der Waals surface area contributed by atoms with Crippen molar-refractivity contribution in [2.24, 2.45) is 0 Å². The van der Waals surface area contributed by atoms with Crippen LogP contribution in [-0.2, 0) is 17.7 Å². The molecule has 0 radical (unpaired) electrons. The van der Waals surface area contributed by atoms with Crippen LogP contribution in [0.15, 0.2) is 46.9 Å². The molecule has 0 bridgehead atoms. The lowest BCUT2D eigenvalue weighted by molar-refractivity contribution is 0.0526. The zero-order chi connectivity index (χ0) is 17.1. The number of esters is 1. The van der Waals surface area contributed by atoms with E-state index in [1.807, 2.05) is 24.3 Å². The summed E-state index contributed by atoms with van der Waals surface area (Å²) in [5.74, 6) is 0.690. The normalized spacial score (nSPS) is 11.0. The first-order valence-corrected chi connectivity index (χ1v) is 8.82. The number of rotatable bonds is 5. The van der Waals surface area contributed by atoms with Crippen molar-refractivity contribution in [3.8, 4) is 0 Å². The molecule has 0 N–H and O–H groups in total. The highest BCUT2D eigenvalue weighted by Crippen LogP contribution is 2.21. The summed E-state index contributed by atoms with van der Waals surface area (Å²) in [5, 5.41) is 0. The Morgan fingerprint density at radius 2 is 1.92 bits per heavy atom. The van der Waals surface area contributed by atoms with Crippen molar-refractivity contribution in [3.05, 3.63) is 63.9 Å². The lowest BCUT2D eigenvalue weighted by Crippen LogP contribution is -2.04. The summed E-state index contributed by atoms with van der Waals surface area (Å²) in [5.41, 5.74) is 3.61. The fourth-order valence-corrected chi connectivity index (χ4v) is 3.06. The zero-order valence-electron chi connectivity index (χ0n) is 13.8. The molecule has 3 aromatic rings. The molecule has 3 rings (SSSR count). The van der Waals surface area contributed by atoms with Gasteiger partial charge in [0.05, 0.1) is 23.2 Å². The Kier molecular flexibility index (Phi) is 5.00. The maximum atomic E-state index is 11.9. The highest BCUT2D eigenvalue weighted by molar-refractivity contribution is 9.10. The molecule has 4 nitrogen and oxygen atoms in total. The van der Waals surface area contributed by atoms with Crippen molar-refractivity contribution in [3.63, 3.8) is 0 Å². The molecular formula is C19H19BrN2O2. The number of carbonyl (C=O) groups excluding carboxylic acids is 1. The van der Waals surface area contributed by atoms with E-state index in [-0.39, 0.29) is 5.97 Å². The predicted octanol–water partition coefficient (Wildman–Crippen LogP) is 4.59. The molecular weight excluding hydrogens is 368 g/mol. The number of fused-ring (bicyclic) bond motifs is 1. The van der Waals surface area contributed by atoms with Crippen LogP contribution in [0.25, 0.3) is 11.0 Å². The molecule has 2 aromatic carbocycles. The van der Waals surface area contributed by atoms with Crippen LogP contribution < -0.4 is 0 Å². The molecule has 0 saturated heterocycles. The highest BCUT2D eigenvalue weighted by atomic mass is 79.9. The Hall–Kier alpha value is -2.14. The molecule has 0 atom stereocenters. The van der Waals surface area contributed by atoms with Gasteiger partial charge in [0.15, 0.2) is 0 Å². The Labute approximate surface area is 149 Å². The van der Waals surface area contributed by atoms with E-state index in [0.29, 0.717) is 12.2 Å². The first-order valence-electron chi connectivity index (χ1n) is 8.03. The van der Waals surface area contributed by atoms with Gasteiger partial charge in [0.1, 0.15) is 5.82 Å². The van der Waals surface area contributed by atoms with E-state index >= 15 is 0 Å². The van der Waals surface area contributed by atoms with Crippen LogP contribution in [0.5, 0.6) is 0 Å². The van der Waals surface area contributed by atoms with Crippen molar-refractivity contribution < 1.29 is 9.53 Å². The van der Waals surface area contributed by atoms with Gasteiger partial charge in [0.2, 0.25) is 0 Å². The predicted molar refractivity (Wildman–Crippen MR) is 98.3 cm³/mol. The summed E-state index contributed by atoms with van der Waals surface area (Å²) in [6.45, 7) is 5.11. The number of aryl methyl sites for hydroxylation is 1. The zero-order valence-corrected chi connectivity index (χ0v) is 15.3. The first-order chi connectivity index (χ1) is 11.6. The largest absolute Gasteiger partial charge is 0.462 e. The van der Waals surface area contributed by atoms with Crippen molar-refractivity contribution in [2.75, 3.05) is 6.61 Å². The SMILES string of the molecule is CCOC(=O)c1ccc2c(c1)nc(Cc1ccc(Br)cc1)n2CC. The molecule has 124 valence electrons. The van der Waals surface area contributed by atoms with Crippen LogP contribution in [0.4, 0.5) is 0 Å². The smallest absolute Gasteiger partial charge is 0.338 e. The third-order valence-corrected chi connectivity index (χ3v) is 4.46. The number of ether oxygens (including phenoxy) is 1. The number of nitrogens with zero attached hydrogens (tertiary/aromatic N) is 2. The molecule has 0 saturated carbocycles. The van der Waals surface area contributed by atoms with Crippen molar-refractivity contribution in [2.45, 2.75) is 26.8 Å². The van der Waals surface area contributed by atoms with E-state index in [0.717, 1.165) is 34.3 Å². The number of benzene rings is 2. The second-order valence-electron chi connectivity index (χ2n) is 5.50. The molecule has 24 heavy (non-hydrogen) atoms. The van der Waals surface area contributed by atoms with Gasteiger partial charge in [-0.05, 0) is 49.7 Å². The lowest BCUT2D eigenvalue weighted by atomic mass is 10.1. The fraction of sp³-hybridized carbons (Fsp3) is 0.263. The van der Waals surface area contributed by atoms with Gasteiger partial charge in [0.25, 0.3) is 0 Å². The van der Waals surface area contributed by atoms with Gasteiger partial charge >= 0.3 is 5.97 Å². The third-order valence-electron chi connectivity index (χ3n) is 3.93. The molecule has 5 heteroatoms. The van der Waals surface area contributed by atoms with Gasteiger partial charge in [-0.2, -0.15) is 0 Å². The summed E-state index contributed by atoms with van der Waals surface area (Å²) < 4.78 is 8.32. The average Bonchev–Trinajstić information content (AvgIpc) is 2.93. The Morgan fingerprint density at radius 3 is 2.58 bits per heavy atom. The monoisotopic (exact) mass is 386 g/mol. The minimum atomic E-state index is -0.306. The maximum absolute atomic E-state index is 11.9. The highest BCUT2D eigenvalue weighted by Gasteiger charge is 2.13. The summed E-state index contributed by atoms with van der Waals surface area (Å²) in [7, 11) is 0. The molecule has 0 aliphatic rings. The second-order valence-corrected chi connectivity index (χ2v) is 6.42. The van der Waals surface area contributed by atoms with Gasteiger partial charge in [-0.1, -0.05) is 28.1 Å². The average molecular weight is 387 g/mol. The number of hydrogen-bond donors (Lipinski definition) is 0. The van der Waals surface area contributed by atoms with Gasteiger partial charge < -0.3 is 9.30 Å². The van der Waals surface area contributed by atoms with Crippen LogP contribution in [0.1, 0.15) is 35.6 Å². The van der Waals surface area contributed by atoms with E-state index in [9.17, 15) is 4.79 Å². The summed E-state index contributed by atoms with van der Waals surface area (Å²) in [6, 6.07) is 13.8. The minimum absolute atomic E-state index is 0.306. The van der Waals surface area contributed by atoms with Crippen LogP contribution >= 0.6 is 15.9 Å². The fourth-order valence-electron chi connectivity index (χ4n) is 2.79. The molecule has 0 aliphatic carbocycles. The van der Waals surface area contributed by atoms with Gasteiger partial charge in [-0.15, -0.1) is 0 Å². The van der Waals surface area contributed by atoms with Crippen LogP contribution in [0.2, 0.25) is 0 Å². The van der Waals surface area contributed by atoms with Crippen molar-refractivity contribution >= 4 is 32.9 Å². The molecule has 0 aliphatic heterocycles. The number of aromatic nitrogens is 2. The molecule has 0 unspecified atom stereocenters. The topological polar surface area (TPSA) is 44.1 Å². The first kappa shape index (κ1) is 16.7. The van der Waals surface area contributed by atoms with Gasteiger partial charge in [0, 0.05) is 17.4 Å². The van der Waals surface area contributed by atoms with Crippen molar-refractivity contribution in [1.82, 2.24) is 9.55 Å². The van der Waals surface area contributed by atoms with Crippen LogP contribution in [0, 0.1) is 0 Å². The molecule has 1 aromatic heterocycles. The molecule has 0 spiro atoms. The number of carbonyl (C=O) groups is 1. The Bertz CT molecular complexity index is 869. The molecule has 0 fully saturated rings. The summed E-state index contributed by atoms with van der Waals surface area (Å²) in [6.07, 6.45) is 0.755. The van der Waals surface area contributed by atoms with E-state index in [1.165, 1.54) is 5.56 Å². The Balaban J connectivity index is 1.98.